The molecule has 0 saturated carbocycles. The van der Waals surface area contributed by atoms with Crippen LogP contribution in [0.25, 0.3) is 0 Å². The Bertz CT molecular complexity index is 1060. The molecule has 0 aliphatic rings. The molecule has 0 radical (unpaired) electrons. The Kier molecular flexibility index (Phi) is 8.21. The summed E-state index contributed by atoms with van der Waals surface area (Å²) < 4.78 is 10.4. The zero-order valence-corrected chi connectivity index (χ0v) is 18.1. The monoisotopic (exact) mass is 456 g/mol. The minimum atomic E-state index is -1.24. The van der Waals surface area contributed by atoms with Gasteiger partial charge in [0, 0.05) is 33.6 Å². The zero-order valence-electron chi connectivity index (χ0n) is 18.1. The van der Waals surface area contributed by atoms with Gasteiger partial charge in [-0.05, 0) is 12.5 Å². The van der Waals surface area contributed by atoms with E-state index in [0.29, 0.717) is 30.1 Å². The van der Waals surface area contributed by atoms with Gasteiger partial charge in [0.15, 0.2) is 5.69 Å². The number of anilines is 4. The Labute approximate surface area is 189 Å². The first-order valence-electron chi connectivity index (χ1n) is 9.88. The summed E-state index contributed by atoms with van der Waals surface area (Å²) in [6.45, 7) is 0.683. The van der Waals surface area contributed by atoms with Crippen LogP contribution in [0.5, 0.6) is 0 Å². The van der Waals surface area contributed by atoms with E-state index in [0.717, 1.165) is 0 Å². The van der Waals surface area contributed by atoms with Crippen molar-refractivity contribution in [2.24, 2.45) is 0 Å². The largest absolute Gasteiger partial charge is 0.476 e. The van der Waals surface area contributed by atoms with Crippen molar-refractivity contribution >= 4 is 34.7 Å². The molecule has 0 atom stereocenters. The molecular weight excluding hydrogens is 432 g/mol. The lowest BCUT2D eigenvalue weighted by Crippen LogP contribution is -2.37. The average molecular weight is 456 g/mol. The summed E-state index contributed by atoms with van der Waals surface area (Å²) in [5, 5.41) is 21.9. The number of carbonyl (C=O) groups excluding carboxylic acids is 1. The van der Waals surface area contributed by atoms with Gasteiger partial charge >= 0.3 is 12.0 Å². The molecule has 3 aromatic heterocycles. The molecule has 13 heteroatoms. The molecule has 0 bridgehead atoms. The number of hydrogen-bond donors (Lipinski definition) is 4. The maximum Gasteiger partial charge on any atom is 0.356 e. The van der Waals surface area contributed by atoms with Gasteiger partial charge in [-0.1, -0.05) is 0 Å². The summed E-state index contributed by atoms with van der Waals surface area (Å²) in [6.07, 6.45) is 7.86. The molecule has 33 heavy (non-hydrogen) atoms. The maximum absolute atomic E-state index is 13.2. The van der Waals surface area contributed by atoms with Gasteiger partial charge in [0.05, 0.1) is 53.6 Å². The number of H-pyrrole nitrogens is 1. The Hall–Kier alpha value is -4.10. The lowest BCUT2D eigenvalue weighted by molar-refractivity contribution is 0.0690. The van der Waals surface area contributed by atoms with Gasteiger partial charge in [0.1, 0.15) is 6.33 Å². The summed E-state index contributed by atoms with van der Waals surface area (Å²) in [5.74, 6) is -1.24. The number of aromatic amines is 1. The van der Waals surface area contributed by atoms with E-state index in [9.17, 15) is 14.7 Å². The lowest BCUT2D eigenvalue weighted by Gasteiger charge is -2.26. The number of nitrogens with zero attached hydrogens (tertiary/aromatic N) is 5. The van der Waals surface area contributed by atoms with Gasteiger partial charge in [-0.2, -0.15) is 5.10 Å². The van der Waals surface area contributed by atoms with Gasteiger partial charge in [-0.3, -0.25) is 10.00 Å². The molecule has 3 heterocycles. The fourth-order valence-electron chi connectivity index (χ4n) is 3.00. The third kappa shape index (κ3) is 6.21. The molecule has 0 unspecified atom stereocenters. The van der Waals surface area contributed by atoms with Crippen LogP contribution in [0, 0.1) is 0 Å². The van der Waals surface area contributed by atoms with Crippen LogP contribution in [-0.2, 0) is 16.1 Å². The number of aromatic nitrogens is 5. The third-order valence-corrected chi connectivity index (χ3v) is 4.42. The van der Waals surface area contributed by atoms with Crippen LogP contribution < -0.4 is 15.5 Å². The maximum atomic E-state index is 13.2. The quantitative estimate of drug-likeness (QED) is 0.314. The highest BCUT2D eigenvalue weighted by atomic mass is 16.5. The summed E-state index contributed by atoms with van der Waals surface area (Å²) in [6, 6.07) is 1.09. The van der Waals surface area contributed by atoms with Gasteiger partial charge in [-0.25, -0.2) is 24.5 Å². The van der Waals surface area contributed by atoms with E-state index < -0.39 is 12.0 Å². The zero-order chi connectivity index (χ0) is 23.6. The summed E-state index contributed by atoms with van der Waals surface area (Å²) in [5.41, 5.74) is 1.52. The fourth-order valence-corrected chi connectivity index (χ4v) is 3.00. The number of aromatic carboxylic acids is 1. The predicted molar refractivity (Wildman–Crippen MR) is 119 cm³/mol. The highest BCUT2D eigenvalue weighted by molar-refractivity contribution is 6.03. The second-order valence-electron chi connectivity index (χ2n) is 6.76. The van der Waals surface area contributed by atoms with Crippen LogP contribution >= 0.6 is 0 Å². The first-order chi connectivity index (χ1) is 16.0. The molecular formula is C20H24N8O5. The Morgan fingerprint density at radius 1 is 1.15 bits per heavy atom. The number of carboxylic acids is 1. The van der Waals surface area contributed by atoms with E-state index in [1.807, 2.05) is 0 Å². The minimum Gasteiger partial charge on any atom is -0.476 e. The molecule has 0 aliphatic heterocycles. The molecule has 0 spiro atoms. The van der Waals surface area contributed by atoms with Crippen molar-refractivity contribution in [1.29, 1.82) is 0 Å². The molecule has 3 rings (SSSR count). The first-order valence-corrected chi connectivity index (χ1v) is 9.88. The molecule has 174 valence electrons. The van der Waals surface area contributed by atoms with Crippen LogP contribution in [0.2, 0.25) is 0 Å². The molecule has 0 aromatic carbocycles. The Balaban J connectivity index is 2.05. The number of rotatable bonds is 11. The van der Waals surface area contributed by atoms with E-state index in [-0.39, 0.29) is 30.2 Å². The number of urea groups is 1. The molecule has 0 fully saturated rings. The smallest absolute Gasteiger partial charge is 0.356 e. The van der Waals surface area contributed by atoms with Crippen molar-refractivity contribution in [2.75, 3.05) is 42.9 Å². The van der Waals surface area contributed by atoms with E-state index in [4.69, 9.17) is 9.47 Å². The SMILES string of the molecule is COCCCN(C(=O)Nc1cn[nH]c1)c1cc(Nc2cncnc2)c(C(=O)O)nc1COC. The number of carbonyl (C=O) groups is 2. The molecule has 13 nitrogen and oxygen atoms in total. The van der Waals surface area contributed by atoms with E-state index in [1.54, 1.807) is 13.2 Å². The third-order valence-electron chi connectivity index (χ3n) is 4.42. The van der Waals surface area contributed by atoms with Gasteiger partial charge in [0.25, 0.3) is 0 Å². The number of ether oxygens (including phenoxy) is 2. The number of pyridine rings is 1. The number of methoxy groups -OCH3 is 2. The van der Waals surface area contributed by atoms with Crippen LogP contribution in [0.1, 0.15) is 22.6 Å². The number of hydrogen-bond acceptors (Lipinski definition) is 9. The van der Waals surface area contributed by atoms with Crippen molar-refractivity contribution < 1.29 is 24.2 Å². The van der Waals surface area contributed by atoms with E-state index in [1.165, 1.54) is 43.1 Å². The van der Waals surface area contributed by atoms with Crippen LogP contribution in [0.3, 0.4) is 0 Å². The number of nitrogens with one attached hydrogen (secondary N) is 3. The normalized spacial score (nSPS) is 10.6. The highest BCUT2D eigenvalue weighted by Crippen LogP contribution is 2.29. The highest BCUT2D eigenvalue weighted by Gasteiger charge is 2.24. The summed E-state index contributed by atoms with van der Waals surface area (Å²) in [7, 11) is 3.03. The molecule has 3 aromatic rings. The van der Waals surface area contributed by atoms with Crippen LogP contribution in [0.4, 0.5) is 27.5 Å². The van der Waals surface area contributed by atoms with Crippen molar-refractivity contribution in [3.63, 3.8) is 0 Å². The summed E-state index contributed by atoms with van der Waals surface area (Å²) >= 11 is 0. The van der Waals surface area contributed by atoms with Crippen molar-refractivity contribution in [3.8, 4) is 0 Å². The van der Waals surface area contributed by atoms with Crippen molar-refractivity contribution in [1.82, 2.24) is 25.1 Å². The second kappa shape index (κ2) is 11.5. The minimum absolute atomic E-state index is 0.00981. The average Bonchev–Trinajstić information content (AvgIpc) is 3.31. The Morgan fingerprint density at radius 3 is 2.58 bits per heavy atom. The van der Waals surface area contributed by atoms with Gasteiger partial charge < -0.3 is 25.2 Å². The molecule has 4 N–H and O–H groups in total. The number of amides is 2. The molecule has 0 aliphatic carbocycles. The predicted octanol–water partition coefficient (Wildman–Crippen LogP) is 2.26. The fraction of sp³-hybridized carbons (Fsp3) is 0.300. The van der Waals surface area contributed by atoms with Crippen LogP contribution in [0.15, 0.2) is 37.2 Å². The summed E-state index contributed by atoms with van der Waals surface area (Å²) in [4.78, 5) is 38.6. The topological polar surface area (TPSA) is 167 Å². The standard InChI is InChI=1S/C20H24N8O5/c1-32-5-3-4-28(20(31)26-14-9-23-24-10-14)17-6-15(25-13-7-21-12-22-8-13)18(19(29)30)27-16(17)11-33-2/h6-10,12,25H,3-5,11H2,1-2H3,(H,23,24)(H,26,31)(H,29,30). The van der Waals surface area contributed by atoms with Crippen LogP contribution in [-0.4, -0.2) is 69.6 Å². The lowest BCUT2D eigenvalue weighted by atomic mass is 10.2. The first kappa shape index (κ1) is 23.6. The molecule has 0 saturated heterocycles. The Morgan fingerprint density at radius 2 is 1.94 bits per heavy atom. The van der Waals surface area contributed by atoms with Gasteiger partial charge in [0.2, 0.25) is 0 Å². The number of carboxylic acid groups (broad SMARTS) is 1. The van der Waals surface area contributed by atoms with Crippen molar-refractivity contribution in [2.45, 2.75) is 13.0 Å². The van der Waals surface area contributed by atoms with E-state index >= 15 is 0 Å². The van der Waals surface area contributed by atoms with E-state index in [2.05, 4.69) is 35.8 Å². The second-order valence-corrected chi connectivity index (χ2v) is 6.76. The van der Waals surface area contributed by atoms with Gasteiger partial charge in [-0.15, -0.1) is 0 Å². The molecule has 2 amide bonds. The van der Waals surface area contributed by atoms with Crippen molar-refractivity contribution in [3.05, 3.63) is 48.6 Å².